The maximum Gasteiger partial charge on any atom is 0.223 e. The summed E-state index contributed by atoms with van der Waals surface area (Å²) in [6.07, 6.45) is 2.89. The zero-order valence-electron chi connectivity index (χ0n) is 12.8. The van der Waals surface area contributed by atoms with E-state index in [-0.39, 0.29) is 24.4 Å². The lowest BCUT2D eigenvalue weighted by Crippen LogP contribution is -2.31. The van der Waals surface area contributed by atoms with Gasteiger partial charge < -0.3 is 9.64 Å². The number of nitrogens with zero attached hydrogens (tertiary/aromatic N) is 1. The fourth-order valence-electron chi connectivity index (χ4n) is 1.94. The monoisotopic (exact) mass is 293 g/mol. The largest absolute Gasteiger partial charge is 0.379 e. The molecular weight excluding hydrogens is 269 g/mol. The minimum atomic E-state index is -0.289. The third-order valence-corrected chi connectivity index (χ3v) is 3.01. The van der Waals surface area contributed by atoms with Gasteiger partial charge in [-0.05, 0) is 26.3 Å². The SMILES string of the molecule is C=CCN(Cc1ccccc1F)C(=O)CCCOC(C)C. The first-order valence-electron chi connectivity index (χ1n) is 7.28. The Bertz CT molecular complexity index is 460. The van der Waals surface area contributed by atoms with Crippen molar-refractivity contribution in [3.05, 3.63) is 48.3 Å². The van der Waals surface area contributed by atoms with Crippen LogP contribution in [0.25, 0.3) is 0 Å². The molecule has 1 amide bonds. The number of hydrogen-bond donors (Lipinski definition) is 0. The van der Waals surface area contributed by atoms with Crippen LogP contribution in [0.15, 0.2) is 36.9 Å². The molecule has 0 saturated carbocycles. The maximum absolute atomic E-state index is 13.7. The highest BCUT2D eigenvalue weighted by Gasteiger charge is 2.14. The number of carbonyl (C=O) groups excluding carboxylic acids is 1. The molecule has 0 saturated heterocycles. The summed E-state index contributed by atoms with van der Waals surface area (Å²) in [6, 6.07) is 6.51. The minimum absolute atomic E-state index is 0.00879. The Labute approximate surface area is 126 Å². The average Bonchev–Trinajstić information content (AvgIpc) is 2.45. The van der Waals surface area contributed by atoms with Gasteiger partial charge in [-0.3, -0.25) is 4.79 Å². The third kappa shape index (κ3) is 6.54. The Kier molecular flexibility index (Phi) is 7.69. The van der Waals surface area contributed by atoms with Crippen molar-refractivity contribution in [3.8, 4) is 0 Å². The van der Waals surface area contributed by atoms with Crippen molar-refractivity contribution < 1.29 is 13.9 Å². The molecule has 1 rings (SSSR count). The summed E-state index contributed by atoms with van der Waals surface area (Å²) in [4.78, 5) is 13.8. The molecule has 3 nitrogen and oxygen atoms in total. The van der Waals surface area contributed by atoms with Crippen molar-refractivity contribution in [1.29, 1.82) is 0 Å². The second kappa shape index (κ2) is 9.29. The molecular formula is C17H24FNO2. The molecule has 1 aromatic carbocycles. The van der Waals surface area contributed by atoms with Crippen LogP contribution in [-0.2, 0) is 16.1 Å². The Hall–Kier alpha value is -1.68. The van der Waals surface area contributed by atoms with Crippen molar-refractivity contribution in [2.75, 3.05) is 13.2 Å². The molecule has 0 radical (unpaired) electrons. The molecule has 0 aromatic heterocycles. The van der Waals surface area contributed by atoms with Crippen LogP contribution >= 0.6 is 0 Å². The highest BCUT2D eigenvalue weighted by Crippen LogP contribution is 2.11. The molecule has 0 fully saturated rings. The smallest absolute Gasteiger partial charge is 0.223 e. The van der Waals surface area contributed by atoms with Gasteiger partial charge in [0.15, 0.2) is 0 Å². The van der Waals surface area contributed by atoms with Crippen molar-refractivity contribution in [2.24, 2.45) is 0 Å². The Morgan fingerprint density at radius 1 is 1.43 bits per heavy atom. The predicted molar refractivity (Wildman–Crippen MR) is 82.3 cm³/mol. The number of ether oxygens (including phenoxy) is 1. The van der Waals surface area contributed by atoms with Gasteiger partial charge in [0.1, 0.15) is 5.82 Å². The molecule has 0 aliphatic heterocycles. The molecule has 0 aliphatic rings. The van der Waals surface area contributed by atoms with Gasteiger partial charge in [-0.2, -0.15) is 0 Å². The zero-order valence-corrected chi connectivity index (χ0v) is 12.8. The highest BCUT2D eigenvalue weighted by atomic mass is 19.1. The van der Waals surface area contributed by atoms with Gasteiger partial charge in [-0.15, -0.1) is 6.58 Å². The fraction of sp³-hybridized carbons (Fsp3) is 0.471. The van der Waals surface area contributed by atoms with Crippen LogP contribution in [0.3, 0.4) is 0 Å². The van der Waals surface area contributed by atoms with Crippen LogP contribution in [0.5, 0.6) is 0 Å². The first-order chi connectivity index (χ1) is 10.0. The summed E-state index contributed by atoms with van der Waals surface area (Å²) < 4.78 is 19.1. The number of amides is 1. The molecule has 1 aromatic rings. The molecule has 0 atom stereocenters. The summed E-state index contributed by atoms with van der Waals surface area (Å²) in [5, 5.41) is 0. The quantitative estimate of drug-likeness (QED) is 0.515. The van der Waals surface area contributed by atoms with E-state index in [2.05, 4.69) is 6.58 Å². The summed E-state index contributed by atoms with van der Waals surface area (Å²) >= 11 is 0. The third-order valence-electron chi connectivity index (χ3n) is 3.01. The van der Waals surface area contributed by atoms with Gasteiger partial charge in [0.25, 0.3) is 0 Å². The van der Waals surface area contributed by atoms with Gasteiger partial charge in [-0.25, -0.2) is 4.39 Å². The predicted octanol–water partition coefficient (Wildman–Crippen LogP) is 3.55. The molecule has 21 heavy (non-hydrogen) atoms. The van der Waals surface area contributed by atoms with Gasteiger partial charge in [0.2, 0.25) is 5.91 Å². The van der Waals surface area contributed by atoms with E-state index < -0.39 is 0 Å². The molecule has 4 heteroatoms. The number of benzene rings is 1. The van der Waals surface area contributed by atoms with Gasteiger partial charge in [0.05, 0.1) is 6.10 Å². The first-order valence-corrected chi connectivity index (χ1v) is 7.28. The summed E-state index contributed by atoms with van der Waals surface area (Å²) in [6.45, 7) is 8.82. The second-order valence-corrected chi connectivity index (χ2v) is 5.18. The lowest BCUT2D eigenvalue weighted by molar-refractivity contribution is -0.131. The molecule has 116 valence electrons. The van der Waals surface area contributed by atoms with E-state index in [0.29, 0.717) is 31.6 Å². The molecule has 0 bridgehead atoms. The first kappa shape index (κ1) is 17.4. The van der Waals surface area contributed by atoms with Crippen LogP contribution in [-0.4, -0.2) is 30.1 Å². The molecule has 0 heterocycles. The van der Waals surface area contributed by atoms with E-state index in [4.69, 9.17) is 4.74 Å². The van der Waals surface area contributed by atoms with Crippen LogP contribution in [0, 0.1) is 5.82 Å². The van der Waals surface area contributed by atoms with E-state index in [9.17, 15) is 9.18 Å². The lowest BCUT2D eigenvalue weighted by atomic mass is 10.2. The number of hydrogen-bond acceptors (Lipinski definition) is 2. The molecule has 0 spiro atoms. The summed E-state index contributed by atoms with van der Waals surface area (Å²) in [5.74, 6) is -0.298. The van der Waals surface area contributed by atoms with Crippen LogP contribution in [0.2, 0.25) is 0 Å². The number of halogens is 1. The normalized spacial score (nSPS) is 10.7. The van der Waals surface area contributed by atoms with E-state index in [1.165, 1.54) is 6.07 Å². The lowest BCUT2D eigenvalue weighted by Gasteiger charge is -2.21. The molecule has 0 unspecified atom stereocenters. The molecule has 0 N–H and O–H groups in total. The fourth-order valence-corrected chi connectivity index (χ4v) is 1.94. The van der Waals surface area contributed by atoms with Crippen molar-refractivity contribution >= 4 is 5.91 Å². The van der Waals surface area contributed by atoms with Gasteiger partial charge in [0, 0.05) is 31.7 Å². The van der Waals surface area contributed by atoms with E-state index in [1.54, 1.807) is 29.2 Å². The van der Waals surface area contributed by atoms with Crippen LogP contribution < -0.4 is 0 Å². The van der Waals surface area contributed by atoms with Crippen LogP contribution in [0.4, 0.5) is 4.39 Å². The summed E-state index contributed by atoms with van der Waals surface area (Å²) in [7, 11) is 0. The summed E-state index contributed by atoms with van der Waals surface area (Å²) in [5.41, 5.74) is 0.520. The van der Waals surface area contributed by atoms with Crippen molar-refractivity contribution in [1.82, 2.24) is 4.90 Å². The number of rotatable bonds is 9. The second-order valence-electron chi connectivity index (χ2n) is 5.18. The number of carbonyl (C=O) groups is 1. The van der Waals surface area contributed by atoms with E-state index >= 15 is 0 Å². The van der Waals surface area contributed by atoms with Gasteiger partial charge in [-0.1, -0.05) is 24.3 Å². The minimum Gasteiger partial charge on any atom is -0.379 e. The van der Waals surface area contributed by atoms with E-state index in [1.807, 2.05) is 13.8 Å². The zero-order chi connectivity index (χ0) is 15.7. The van der Waals surface area contributed by atoms with Crippen molar-refractivity contribution in [2.45, 2.75) is 39.3 Å². The standard InChI is InChI=1S/C17H24FNO2/c1-4-11-19(13-15-8-5-6-9-16(15)18)17(20)10-7-12-21-14(2)3/h4-6,8-9,14H,1,7,10-13H2,2-3H3. The molecule has 0 aliphatic carbocycles. The Morgan fingerprint density at radius 3 is 2.76 bits per heavy atom. The maximum atomic E-state index is 13.7. The van der Waals surface area contributed by atoms with Crippen molar-refractivity contribution in [3.63, 3.8) is 0 Å². The van der Waals surface area contributed by atoms with Gasteiger partial charge >= 0.3 is 0 Å². The van der Waals surface area contributed by atoms with Crippen LogP contribution in [0.1, 0.15) is 32.3 Å². The average molecular weight is 293 g/mol. The Balaban J connectivity index is 2.54. The van der Waals surface area contributed by atoms with E-state index in [0.717, 1.165) is 0 Å². The highest BCUT2D eigenvalue weighted by molar-refractivity contribution is 5.76. The topological polar surface area (TPSA) is 29.5 Å². The Morgan fingerprint density at radius 2 is 2.14 bits per heavy atom.